The highest BCUT2D eigenvalue weighted by Gasteiger charge is 2.27. The molecule has 2 aromatic rings. The van der Waals surface area contributed by atoms with Crippen molar-refractivity contribution in [2.45, 2.75) is 18.7 Å². The first kappa shape index (κ1) is 18.4. The number of ether oxygens (including phenoxy) is 1. The van der Waals surface area contributed by atoms with E-state index in [2.05, 4.69) is 10.3 Å². The van der Waals surface area contributed by atoms with Gasteiger partial charge in [0.1, 0.15) is 10.6 Å². The first-order valence-corrected chi connectivity index (χ1v) is 9.38. The molecule has 2 rings (SSSR count). The zero-order valence-corrected chi connectivity index (χ0v) is 15.5. The average Bonchev–Trinajstić information content (AvgIpc) is 3.01. The molecule has 1 amide bonds. The lowest BCUT2D eigenvalue weighted by Gasteiger charge is -2.19. The summed E-state index contributed by atoms with van der Waals surface area (Å²) in [5, 5.41) is 4.70. The molecule has 0 aliphatic heterocycles. The number of nitrogens with zero attached hydrogens (tertiary/aromatic N) is 2. The maximum absolute atomic E-state index is 12.8. The predicted octanol–water partition coefficient (Wildman–Crippen LogP) is 2.03. The lowest BCUT2D eigenvalue weighted by atomic mass is 10.1. The fourth-order valence-corrected chi connectivity index (χ4v) is 3.91. The Balaban J connectivity index is 2.23. The number of aromatic nitrogens is 1. The maximum Gasteiger partial charge on any atom is 0.246 e. The fraction of sp³-hybridized carbons (Fsp3) is 0.333. The number of sulfonamides is 1. The molecule has 1 heterocycles. The molecule has 0 bridgehead atoms. The van der Waals surface area contributed by atoms with E-state index in [0.29, 0.717) is 5.13 Å². The topological polar surface area (TPSA) is 88.6 Å². The van der Waals surface area contributed by atoms with Crippen molar-refractivity contribution >= 4 is 32.4 Å². The summed E-state index contributed by atoms with van der Waals surface area (Å²) in [6.45, 7) is 3.38. The zero-order chi connectivity index (χ0) is 17.9. The van der Waals surface area contributed by atoms with Crippen LogP contribution >= 0.6 is 11.3 Å². The molecule has 0 aliphatic rings. The van der Waals surface area contributed by atoms with Crippen LogP contribution in [0.5, 0.6) is 5.75 Å². The van der Waals surface area contributed by atoms with Crippen molar-refractivity contribution in [2.75, 3.05) is 26.0 Å². The van der Waals surface area contributed by atoms with E-state index < -0.39 is 15.9 Å². The van der Waals surface area contributed by atoms with Crippen LogP contribution in [0.1, 0.15) is 11.1 Å². The molecule has 1 N–H and O–H groups in total. The quantitative estimate of drug-likeness (QED) is 0.842. The first-order valence-electron chi connectivity index (χ1n) is 7.06. The van der Waals surface area contributed by atoms with E-state index in [1.807, 2.05) is 13.8 Å². The highest BCUT2D eigenvalue weighted by atomic mass is 32.2. The second-order valence-corrected chi connectivity index (χ2v) is 8.14. The van der Waals surface area contributed by atoms with Crippen LogP contribution in [0, 0.1) is 13.8 Å². The Hall–Kier alpha value is -1.97. The number of likely N-dealkylation sites (N-methyl/N-ethyl adjacent to an activating group) is 1. The lowest BCUT2D eigenvalue weighted by Crippen LogP contribution is -2.35. The van der Waals surface area contributed by atoms with Crippen molar-refractivity contribution in [1.29, 1.82) is 0 Å². The Morgan fingerprint density at radius 3 is 2.58 bits per heavy atom. The molecule has 1 aromatic carbocycles. The van der Waals surface area contributed by atoms with Crippen LogP contribution in [0.2, 0.25) is 0 Å². The van der Waals surface area contributed by atoms with Crippen LogP contribution in [-0.2, 0) is 14.8 Å². The molecule has 0 fully saturated rings. The number of anilines is 1. The SMILES string of the molecule is COc1cc(C)c(C)cc1S(=O)(=O)N(C)CC(=O)Nc1nccs1. The van der Waals surface area contributed by atoms with E-state index in [4.69, 9.17) is 4.74 Å². The maximum atomic E-state index is 12.8. The molecule has 0 spiro atoms. The Morgan fingerprint density at radius 2 is 2.00 bits per heavy atom. The lowest BCUT2D eigenvalue weighted by molar-refractivity contribution is -0.116. The minimum absolute atomic E-state index is 0.0395. The normalized spacial score (nSPS) is 11.5. The number of carbonyl (C=O) groups excluding carboxylic acids is 1. The Bertz CT molecular complexity index is 833. The number of hydrogen-bond donors (Lipinski definition) is 1. The number of methoxy groups -OCH3 is 1. The Kier molecular flexibility index (Phi) is 5.58. The minimum atomic E-state index is -3.86. The summed E-state index contributed by atoms with van der Waals surface area (Å²) < 4.78 is 31.7. The van der Waals surface area contributed by atoms with Gasteiger partial charge in [0, 0.05) is 18.6 Å². The van der Waals surface area contributed by atoms with Crippen LogP contribution in [0.15, 0.2) is 28.6 Å². The van der Waals surface area contributed by atoms with Crippen LogP contribution in [0.4, 0.5) is 5.13 Å². The van der Waals surface area contributed by atoms with E-state index in [1.54, 1.807) is 23.7 Å². The average molecular weight is 369 g/mol. The summed E-state index contributed by atoms with van der Waals surface area (Å²) in [5.74, 6) is -0.205. The van der Waals surface area contributed by atoms with Gasteiger partial charge in [-0.2, -0.15) is 4.31 Å². The number of benzene rings is 1. The first-order chi connectivity index (χ1) is 11.3. The minimum Gasteiger partial charge on any atom is -0.495 e. The van der Waals surface area contributed by atoms with Gasteiger partial charge in [0.2, 0.25) is 15.9 Å². The van der Waals surface area contributed by atoms with E-state index >= 15 is 0 Å². The standard InChI is InChI=1S/C15H19N3O4S2/c1-10-7-12(22-4)13(8-11(10)2)24(20,21)18(3)9-14(19)17-15-16-5-6-23-15/h5-8H,9H2,1-4H3,(H,16,17,19). The van der Waals surface area contributed by atoms with Crippen LogP contribution in [-0.4, -0.2) is 44.3 Å². The van der Waals surface area contributed by atoms with Crippen molar-refractivity contribution in [3.05, 3.63) is 34.8 Å². The highest BCUT2D eigenvalue weighted by molar-refractivity contribution is 7.89. The third-order valence-corrected chi connectivity index (χ3v) is 6.03. The van der Waals surface area contributed by atoms with Crippen molar-refractivity contribution in [1.82, 2.24) is 9.29 Å². The smallest absolute Gasteiger partial charge is 0.246 e. The molecular weight excluding hydrogens is 350 g/mol. The van der Waals surface area contributed by atoms with Gasteiger partial charge in [0.25, 0.3) is 0 Å². The van der Waals surface area contributed by atoms with Gasteiger partial charge in [-0.15, -0.1) is 11.3 Å². The van der Waals surface area contributed by atoms with Gasteiger partial charge >= 0.3 is 0 Å². The molecule has 24 heavy (non-hydrogen) atoms. The van der Waals surface area contributed by atoms with Gasteiger partial charge in [-0.3, -0.25) is 4.79 Å². The van der Waals surface area contributed by atoms with Gasteiger partial charge < -0.3 is 10.1 Å². The van der Waals surface area contributed by atoms with Crippen LogP contribution in [0.3, 0.4) is 0 Å². The van der Waals surface area contributed by atoms with Gasteiger partial charge in [-0.05, 0) is 37.1 Å². The van der Waals surface area contributed by atoms with Crippen LogP contribution in [0.25, 0.3) is 0 Å². The molecule has 0 saturated heterocycles. The fourth-order valence-electron chi connectivity index (χ4n) is 2.02. The number of thiazole rings is 1. The molecule has 0 unspecified atom stereocenters. The van der Waals surface area contributed by atoms with E-state index in [0.717, 1.165) is 15.4 Å². The second-order valence-electron chi connectivity index (χ2n) is 5.23. The van der Waals surface area contributed by atoms with Gasteiger partial charge in [0.05, 0.1) is 13.7 Å². The Morgan fingerprint density at radius 1 is 1.33 bits per heavy atom. The van der Waals surface area contributed by atoms with Crippen molar-refractivity contribution in [3.63, 3.8) is 0 Å². The Labute approximate surface area is 145 Å². The molecule has 0 saturated carbocycles. The molecule has 0 radical (unpaired) electrons. The molecule has 1 aromatic heterocycles. The summed E-state index contributed by atoms with van der Waals surface area (Å²) in [4.78, 5) is 16.0. The summed E-state index contributed by atoms with van der Waals surface area (Å²) >= 11 is 1.26. The molecular formula is C15H19N3O4S2. The highest BCUT2D eigenvalue weighted by Crippen LogP contribution is 2.29. The number of amides is 1. The molecule has 130 valence electrons. The van der Waals surface area contributed by atoms with Crippen molar-refractivity contribution < 1.29 is 17.9 Å². The summed E-state index contributed by atoms with van der Waals surface area (Å²) in [6, 6.07) is 3.23. The molecule has 0 aliphatic carbocycles. The van der Waals surface area contributed by atoms with Gasteiger partial charge in [-0.25, -0.2) is 13.4 Å². The summed E-state index contributed by atoms with van der Waals surface area (Å²) in [6.07, 6.45) is 1.56. The van der Waals surface area contributed by atoms with Crippen molar-refractivity contribution in [2.24, 2.45) is 0 Å². The third-order valence-electron chi connectivity index (χ3n) is 3.51. The largest absolute Gasteiger partial charge is 0.495 e. The monoisotopic (exact) mass is 369 g/mol. The third kappa shape index (κ3) is 3.92. The van der Waals surface area contributed by atoms with Crippen LogP contribution < -0.4 is 10.1 Å². The number of nitrogens with one attached hydrogen (secondary N) is 1. The van der Waals surface area contributed by atoms with E-state index in [9.17, 15) is 13.2 Å². The summed E-state index contributed by atoms with van der Waals surface area (Å²) in [7, 11) is -1.10. The summed E-state index contributed by atoms with van der Waals surface area (Å²) in [5.41, 5.74) is 1.75. The molecule has 7 nitrogen and oxygen atoms in total. The number of rotatable bonds is 6. The van der Waals surface area contributed by atoms with Gasteiger partial charge in [-0.1, -0.05) is 0 Å². The second kappa shape index (κ2) is 7.29. The number of hydrogen-bond acceptors (Lipinski definition) is 6. The zero-order valence-electron chi connectivity index (χ0n) is 13.9. The number of carbonyl (C=O) groups is 1. The predicted molar refractivity (Wildman–Crippen MR) is 93.0 cm³/mol. The number of aryl methyl sites for hydroxylation is 2. The molecule has 0 atom stereocenters. The van der Waals surface area contributed by atoms with E-state index in [-0.39, 0.29) is 17.2 Å². The van der Waals surface area contributed by atoms with Gasteiger partial charge in [0.15, 0.2) is 5.13 Å². The van der Waals surface area contributed by atoms with Crippen molar-refractivity contribution in [3.8, 4) is 5.75 Å². The van der Waals surface area contributed by atoms with E-state index in [1.165, 1.54) is 25.5 Å². The molecule has 9 heteroatoms.